The molecule has 50 heavy (non-hydrogen) atoms. The summed E-state index contributed by atoms with van der Waals surface area (Å²) in [6.45, 7) is 7.68. The maximum absolute atomic E-state index is 13.7. The van der Waals surface area contributed by atoms with Gasteiger partial charge in [-0.2, -0.15) is 4.99 Å². The minimum atomic E-state index is -0.806. The number of nitrogens with one attached hydrogen (secondary N) is 3. The van der Waals surface area contributed by atoms with Crippen molar-refractivity contribution < 1.29 is 19.1 Å². The van der Waals surface area contributed by atoms with Crippen LogP contribution in [0, 0.1) is 0 Å². The minimum absolute atomic E-state index is 0.00731. The second kappa shape index (κ2) is 17.4. The monoisotopic (exact) mass is 680 g/mol. The Morgan fingerprint density at radius 2 is 1.62 bits per heavy atom. The lowest BCUT2D eigenvalue weighted by Gasteiger charge is -2.18. The van der Waals surface area contributed by atoms with E-state index in [1.54, 1.807) is 42.5 Å². The van der Waals surface area contributed by atoms with E-state index in [4.69, 9.17) is 16.2 Å². The van der Waals surface area contributed by atoms with Gasteiger partial charge < -0.3 is 32.2 Å². The summed E-state index contributed by atoms with van der Waals surface area (Å²) in [5.74, 6) is -0.635. The van der Waals surface area contributed by atoms with E-state index >= 15 is 0 Å². The number of aliphatic imine (C=N–C) groups is 1. The molecule has 3 amide bonds. The van der Waals surface area contributed by atoms with Gasteiger partial charge in [0, 0.05) is 41.0 Å². The van der Waals surface area contributed by atoms with Crippen molar-refractivity contribution >= 4 is 35.2 Å². The first-order chi connectivity index (χ1) is 24.0. The molecule has 262 valence electrons. The summed E-state index contributed by atoms with van der Waals surface area (Å²) in [6.07, 6.45) is 2.19. The highest BCUT2D eigenvalue weighted by atomic mass is 16.5. The quantitative estimate of drug-likeness (QED) is 0.0719. The Kier molecular flexibility index (Phi) is 12.8. The Morgan fingerprint density at radius 1 is 0.920 bits per heavy atom. The van der Waals surface area contributed by atoms with Crippen LogP contribution in [0.3, 0.4) is 0 Å². The number of hydrogen-bond donors (Lipinski definition) is 5. The van der Waals surface area contributed by atoms with Crippen molar-refractivity contribution in [3.63, 3.8) is 0 Å². The van der Waals surface area contributed by atoms with Gasteiger partial charge in [0.15, 0.2) is 5.82 Å². The van der Waals surface area contributed by atoms with Crippen molar-refractivity contribution in [2.24, 2.45) is 10.7 Å². The van der Waals surface area contributed by atoms with Crippen LogP contribution in [0.1, 0.15) is 67.6 Å². The number of benzene rings is 3. The third-order valence-electron chi connectivity index (χ3n) is 8.01. The Hall–Kier alpha value is -5.98. The van der Waals surface area contributed by atoms with Crippen molar-refractivity contribution in [3.8, 4) is 11.3 Å². The highest BCUT2D eigenvalue weighted by Crippen LogP contribution is 2.24. The normalized spacial score (nSPS) is 12.4. The molecule has 13 heteroatoms. The number of nitrogens with zero attached hydrogens (tertiary/aromatic N) is 3. The summed E-state index contributed by atoms with van der Waals surface area (Å²) < 4.78 is 6.48. The Morgan fingerprint density at radius 3 is 2.30 bits per heavy atom. The summed E-state index contributed by atoms with van der Waals surface area (Å²) in [5.41, 5.74) is 15.2. The van der Waals surface area contributed by atoms with Gasteiger partial charge in [-0.25, -0.2) is 9.78 Å². The van der Waals surface area contributed by atoms with Crippen LogP contribution in [0.5, 0.6) is 0 Å². The maximum atomic E-state index is 13.7. The molecule has 13 nitrogen and oxygen atoms in total. The molecule has 0 unspecified atom stereocenters. The molecular weight excluding hydrogens is 636 g/mol. The number of anilines is 2. The molecule has 4 rings (SSSR count). The number of nitrogens with two attached hydrogens (primary N) is 2. The largest absolute Gasteiger partial charge is 0.443 e. The molecule has 0 bridgehead atoms. The average molecular weight is 681 g/mol. The van der Waals surface area contributed by atoms with Gasteiger partial charge in [-0.1, -0.05) is 68.4 Å². The fourth-order valence-electron chi connectivity index (χ4n) is 4.76. The zero-order valence-electron chi connectivity index (χ0n) is 28.7. The lowest BCUT2D eigenvalue weighted by atomic mass is 10.1. The molecule has 0 saturated heterocycles. The lowest BCUT2D eigenvalue weighted by Crippen LogP contribution is -2.35. The van der Waals surface area contributed by atoms with Gasteiger partial charge in [-0.15, -0.1) is 0 Å². The van der Waals surface area contributed by atoms with Crippen molar-refractivity contribution in [1.82, 2.24) is 20.2 Å². The second-order valence-corrected chi connectivity index (χ2v) is 12.0. The molecule has 4 aromatic rings. The highest BCUT2D eigenvalue weighted by Gasteiger charge is 2.18. The summed E-state index contributed by atoms with van der Waals surface area (Å²) in [7, 11) is 0. The average Bonchev–Trinajstić information content (AvgIpc) is 3.11. The Bertz CT molecular complexity index is 1890. The van der Waals surface area contributed by atoms with E-state index in [9.17, 15) is 19.2 Å². The molecule has 0 aliphatic heterocycles. The summed E-state index contributed by atoms with van der Waals surface area (Å²) in [5, 5.41) is 8.87. The van der Waals surface area contributed by atoms with E-state index in [0.29, 0.717) is 28.1 Å². The van der Waals surface area contributed by atoms with Gasteiger partial charge in [-0.05, 0) is 56.0 Å². The molecule has 7 N–H and O–H groups in total. The lowest BCUT2D eigenvalue weighted by molar-refractivity contribution is -0.121. The van der Waals surface area contributed by atoms with Crippen LogP contribution in [0.15, 0.2) is 88.8 Å². The number of ether oxygens (including phenoxy) is 1. The van der Waals surface area contributed by atoms with Gasteiger partial charge >= 0.3 is 6.09 Å². The number of hydrogen-bond acceptors (Lipinski definition) is 8. The highest BCUT2D eigenvalue weighted by molar-refractivity contribution is 6.02. The molecule has 0 radical (unpaired) electrons. The zero-order chi connectivity index (χ0) is 36.2. The smallest absolute Gasteiger partial charge is 0.435 e. The van der Waals surface area contributed by atoms with Gasteiger partial charge in [0.1, 0.15) is 19.0 Å². The van der Waals surface area contributed by atoms with Crippen molar-refractivity contribution in [3.05, 3.63) is 112 Å². The van der Waals surface area contributed by atoms with E-state index < -0.39 is 17.6 Å². The number of amides is 3. The summed E-state index contributed by atoms with van der Waals surface area (Å²) in [4.78, 5) is 60.2. The van der Waals surface area contributed by atoms with E-state index in [1.165, 1.54) is 10.8 Å². The second-order valence-electron chi connectivity index (χ2n) is 12.0. The molecule has 1 aromatic heterocycles. The van der Waals surface area contributed by atoms with E-state index in [1.807, 2.05) is 58.0 Å². The van der Waals surface area contributed by atoms with E-state index in [0.717, 1.165) is 24.0 Å². The molecule has 0 saturated carbocycles. The number of nitrogen functional groups attached to an aromatic ring is 1. The van der Waals surface area contributed by atoms with Crippen LogP contribution in [-0.4, -0.2) is 45.4 Å². The van der Waals surface area contributed by atoms with Crippen LogP contribution < -0.4 is 33.0 Å². The summed E-state index contributed by atoms with van der Waals surface area (Å²) >= 11 is 0. The van der Waals surface area contributed by atoms with Crippen LogP contribution >= 0.6 is 0 Å². The van der Waals surface area contributed by atoms with Gasteiger partial charge in [0.2, 0.25) is 5.91 Å². The number of rotatable bonds is 14. The summed E-state index contributed by atoms with van der Waals surface area (Å²) in [6, 6.07) is 20.8. The number of amidine groups is 1. The van der Waals surface area contributed by atoms with Crippen LogP contribution in [0.2, 0.25) is 0 Å². The molecule has 3 aromatic carbocycles. The van der Waals surface area contributed by atoms with Crippen LogP contribution in [0.4, 0.5) is 16.3 Å². The van der Waals surface area contributed by atoms with Gasteiger partial charge in [0.05, 0.1) is 11.9 Å². The first-order valence-electron chi connectivity index (χ1n) is 16.5. The Balaban J connectivity index is 1.49. The molecular formula is C37H44N8O5. The van der Waals surface area contributed by atoms with E-state index in [-0.39, 0.29) is 49.3 Å². The topological polar surface area (TPSA) is 196 Å². The maximum Gasteiger partial charge on any atom is 0.435 e. The molecule has 1 heterocycles. The van der Waals surface area contributed by atoms with Crippen molar-refractivity contribution in [2.75, 3.05) is 11.1 Å². The van der Waals surface area contributed by atoms with Gasteiger partial charge in [-0.3, -0.25) is 19.0 Å². The first-order valence-corrected chi connectivity index (χ1v) is 16.5. The molecule has 0 fully saturated rings. The standard InChI is InChI=1S/C37H44N8O5/c1-5-23(3)42-34-36(48)45(31(20-41-34)28-16-29(18-30(38)17-28)35(47)43-24(4)6-2)21-32(46)40-19-25-12-14-27(15-13-25)33(39)44-37(49)50-22-26-10-8-7-9-11-26/h7-18,20,23-24H,5-6,19,21-22,38H2,1-4H3,(H,40,46)(H,41,42)(H,43,47)(H2,39,44,49)/t23-,24-/m0/s1. The SMILES string of the molecule is CC[C@H](C)NC(=O)c1cc(N)cc(-c2cnc(N[C@@H](C)CC)c(=O)n2CC(=O)NCc2ccc(/C(N)=N\C(=O)OCc3ccccc3)cc2)c1. The molecule has 2 atom stereocenters. The van der Waals surface area contributed by atoms with Crippen molar-refractivity contribution in [2.45, 2.75) is 72.3 Å². The van der Waals surface area contributed by atoms with Crippen LogP contribution in [-0.2, 0) is 29.2 Å². The van der Waals surface area contributed by atoms with Crippen molar-refractivity contribution in [1.29, 1.82) is 0 Å². The van der Waals surface area contributed by atoms with E-state index in [2.05, 4.69) is 25.9 Å². The first kappa shape index (κ1) is 36.8. The number of aromatic nitrogens is 2. The minimum Gasteiger partial charge on any atom is -0.443 e. The van der Waals surface area contributed by atoms with Crippen LogP contribution in [0.25, 0.3) is 11.3 Å². The third kappa shape index (κ3) is 10.3. The fourth-order valence-corrected chi connectivity index (χ4v) is 4.76. The van der Waals surface area contributed by atoms with Gasteiger partial charge in [0.25, 0.3) is 11.5 Å². The predicted molar refractivity (Wildman–Crippen MR) is 195 cm³/mol. The Labute approximate surface area is 291 Å². The fraction of sp³-hybridized carbons (Fsp3) is 0.297. The third-order valence-corrected chi connectivity index (χ3v) is 8.01. The predicted octanol–water partition coefficient (Wildman–Crippen LogP) is 4.59. The molecule has 0 aliphatic carbocycles. The number of carbonyl (C=O) groups excluding carboxylic acids is 3. The zero-order valence-corrected chi connectivity index (χ0v) is 28.7. The molecule has 0 spiro atoms. The molecule has 0 aliphatic rings. The number of carbonyl (C=O) groups is 3.